The monoisotopic (exact) mass is 272 g/mol. The highest BCUT2D eigenvalue weighted by Crippen LogP contribution is 2.18. The van der Waals surface area contributed by atoms with Crippen LogP contribution in [0.15, 0.2) is 48.8 Å². The van der Waals surface area contributed by atoms with E-state index in [-0.39, 0.29) is 6.04 Å². The third-order valence-corrected chi connectivity index (χ3v) is 3.32. The molecule has 0 saturated heterocycles. The van der Waals surface area contributed by atoms with Gasteiger partial charge in [-0.05, 0) is 42.3 Å². The van der Waals surface area contributed by atoms with Crippen molar-refractivity contribution in [3.63, 3.8) is 0 Å². The molecule has 4 heteroatoms. The van der Waals surface area contributed by atoms with E-state index in [1.807, 2.05) is 36.4 Å². The lowest BCUT2D eigenvalue weighted by atomic mass is 10.1. The van der Waals surface area contributed by atoms with Crippen molar-refractivity contribution in [2.24, 2.45) is 0 Å². The minimum atomic E-state index is -0.537. The first-order chi connectivity index (χ1) is 9.70. The zero-order valence-electron chi connectivity index (χ0n) is 11.8. The van der Waals surface area contributed by atoms with Crippen LogP contribution >= 0.6 is 0 Å². The summed E-state index contributed by atoms with van der Waals surface area (Å²) in [4.78, 5) is 4.00. The Morgan fingerprint density at radius 1 is 1.10 bits per heavy atom. The number of aromatic nitrogens is 1. The fraction of sp³-hybridized carbons (Fsp3) is 0.312. The van der Waals surface area contributed by atoms with E-state index in [1.54, 1.807) is 19.5 Å². The van der Waals surface area contributed by atoms with Gasteiger partial charge in [0.05, 0.1) is 13.2 Å². The lowest BCUT2D eigenvalue weighted by molar-refractivity contribution is 0.170. The van der Waals surface area contributed by atoms with E-state index >= 15 is 0 Å². The van der Waals surface area contributed by atoms with Crippen molar-refractivity contribution in [3.8, 4) is 5.75 Å². The van der Waals surface area contributed by atoms with E-state index in [2.05, 4.69) is 17.2 Å². The smallest absolute Gasteiger partial charge is 0.118 e. The quantitative estimate of drug-likeness (QED) is 0.848. The number of hydrogen-bond donors (Lipinski definition) is 2. The number of aliphatic hydroxyl groups is 1. The molecule has 0 aliphatic rings. The molecule has 1 aromatic heterocycles. The summed E-state index contributed by atoms with van der Waals surface area (Å²) in [6.45, 7) is 2.56. The van der Waals surface area contributed by atoms with Crippen molar-refractivity contribution in [1.82, 2.24) is 10.3 Å². The zero-order chi connectivity index (χ0) is 14.4. The Hall–Kier alpha value is -1.91. The fourth-order valence-corrected chi connectivity index (χ4v) is 2.00. The normalized spacial score (nSPS) is 13.8. The molecule has 0 saturated carbocycles. The molecule has 2 rings (SSSR count). The van der Waals surface area contributed by atoms with Crippen molar-refractivity contribution >= 4 is 0 Å². The predicted molar refractivity (Wildman–Crippen MR) is 78.6 cm³/mol. The molecule has 0 bridgehead atoms. The highest BCUT2D eigenvalue weighted by Gasteiger charge is 2.10. The molecule has 1 aromatic carbocycles. The van der Waals surface area contributed by atoms with Crippen LogP contribution in [0.4, 0.5) is 0 Å². The van der Waals surface area contributed by atoms with Gasteiger partial charge in [0.2, 0.25) is 0 Å². The van der Waals surface area contributed by atoms with E-state index in [1.165, 1.54) is 0 Å². The molecule has 106 valence electrons. The first-order valence-corrected chi connectivity index (χ1v) is 6.66. The van der Waals surface area contributed by atoms with Gasteiger partial charge < -0.3 is 15.2 Å². The van der Waals surface area contributed by atoms with Gasteiger partial charge in [-0.25, -0.2) is 0 Å². The van der Waals surface area contributed by atoms with Crippen molar-refractivity contribution in [2.75, 3.05) is 13.7 Å². The van der Waals surface area contributed by atoms with Gasteiger partial charge in [0.1, 0.15) is 5.75 Å². The predicted octanol–water partition coefficient (Wildman–Crippen LogP) is 2.47. The average Bonchev–Trinajstić information content (AvgIpc) is 2.53. The maximum absolute atomic E-state index is 10.2. The number of hydrogen-bond acceptors (Lipinski definition) is 4. The minimum absolute atomic E-state index is 0.172. The Bertz CT molecular complexity index is 514. The van der Waals surface area contributed by atoms with Crippen LogP contribution in [-0.2, 0) is 0 Å². The summed E-state index contributed by atoms with van der Waals surface area (Å²) in [5, 5.41) is 13.5. The van der Waals surface area contributed by atoms with E-state index in [0.29, 0.717) is 6.54 Å². The molecule has 0 amide bonds. The Morgan fingerprint density at radius 2 is 1.75 bits per heavy atom. The molecule has 4 nitrogen and oxygen atoms in total. The standard InChI is InChI=1S/C16H20N2O2/c1-12(13-7-9-17-10-8-13)18-11-16(19)14-3-5-15(20-2)6-4-14/h3-10,12,16,18-19H,11H2,1-2H3/t12-,16?/m1/s1. The third kappa shape index (κ3) is 3.79. The Labute approximate surface area is 119 Å². The van der Waals surface area contributed by atoms with Crippen LogP contribution in [0.5, 0.6) is 5.75 Å². The number of nitrogens with one attached hydrogen (secondary N) is 1. The lowest BCUT2D eigenvalue weighted by Gasteiger charge is -2.17. The first-order valence-electron chi connectivity index (χ1n) is 6.66. The fourth-order valence-electron chi connectivity index (χ4n) is 2.00. The maximum Gasteiger partial charge on any atom is 0.118 e. The molecular weight excluding hydrogens is 252 g/mol. The summed E-state index contributed by atoms with van der Waals surface area (Å²) < 4.78 is 5.10. The third-order valence-electron chi connectivity index (χ3n) is 3.32. The number of ether oxygens (including phenoxy) is 1. The van der Waals surface area contributed by atoms with Crippen LogP contribution in [-0.4, -0.2) is 23.7 Å². The Morgan fingerprint density at radius 3 is 2.35 bits per heavy atom. The van der Waals surface area contributed by atoms with Gasteiger partial charge in [-0.15, -0.1) is 0 Å². The van der Waals surface area contributed by atoms with Crippen molar-refractivity contribution in [1.29, 1.82) is 0 Å². The van der Waals surface area contributed by atoms with E-state index < -0.39 is 6.10 Å². The molecule has 2 atom stereocenters. The maximum atomic E-state index is 10.2. The molecule has 20 heavy (non-hydrogen) atoms. The van der Waals surface area contributed by atoms with E-state index in [4.69, 9.17) is 4.74 Å². The van der Waals surface area contributed by atoms with Crippen LogP contribution in [0.1, 0.15) is 30.2 Å². The van der Waals surface area contributed by atoms with Crippen LogP contribution in [0, 0.1) is 0 Å². The molecule has 0 fully saturated rings. The topological polar surface area (TPSA) is 54.4 Å². The van der Waals surface area contributed by atoms with Gasteiger partial charge >= 0.3 is 0 Å². The second-order valence-electron chi connectivity index (χ2n) is 4.70. The first kappa shape index (κ1) is 14.5. The zero-order valence-corrected chi connectivity index (χ0v) is 11.8. The summed E-state index contributed by atoms with van der Waals surface area (Å²) in [7, 11) is 1.63. The van der Waals surface area contributed by atoms with Crippen LogP contribution in [0.25, 0.3) is 0 Å². The average molecular weight is 272 g/mol. The van der Waals surface area contributed by atoms with Gasteiger partial charge in [0.25, 0.3) is 0 Å². The highest BCUT2D eigenvalue weighted by atomic mass is 16.5. The number of aliphatic hydroxyl groups excluding tert-OH is 1. The minimum Gasteiger partial charge on any atom is -0.497 e. The van der Waals surface area contributed by atoms with E-state index in [9.17, 15) is 5.11 Å². The number of rotatable bonds is 6. The summed E-state index contributed by atoms with van der Waals surface area (Å²) >= 11 is 0. The van der Waals surface area contributed by atoms with Crippen molar-refractivity contribution in [3.05, 3.63) is 59.9 Å². The highest BCUT2D eigenvalue weighted by molar-refractivity contribution is 5.28. The van der Waals surface area contributed by atoms with Gasteiger partial charge in [-0.3, -0.25) is 4.98 Å². The van der Waals surface area contributed by atoms with Gasteiger partial charge in [0, 0.05) is 25.0 Å². The number of nitrogens with zero attached hydrogens (tertiary/aromatic N) is 1. The van der Waals surface area contributed by atoms with Gasteiger partial charge in [-0.1, -0.05) is 12.1 Å². The number of methoxy groups -OCH3 is 1. The van der Waals surface area contributed by atoms with Crippen LogP contribution < -0.4 is 10.1 Å². The molecule has 0 aliphatic heterocycles. The lowest BCUT2D eigenvalue weighted by Crippen LogP contribution is -2.24. The molecule has 0 spiro atoms. The summed E-state index contributed by atoms with van der Waals surface area (Å²) in [6, 6.07) is 11.6. The largest absolute Gasteiger partial charge is 0.497 e. The molecule has 2 N–H and O–H groups in total. The second-order valence-corrected chi connectivity index (χ2v) is 4.70. The number of pyridine rings is 1. The number of benzene rings is 1. The summed E-state index contributed by atoms with van der Waals surface area (Å²) in [5.41, 5.74) is 2.03. The van der Waals surface area contributed by atoms with Crippen LogP contribution in [0.3, 0.4) is 0 Å². The Balaban J connectivity index is 1.89. The molecular formula is C16H20N2O2. The molecule has 0 aliphatic carbocycles. The molecule has 0 radical (unpaired) electrons. The SMILES string of the molecule is COc1ccc(C(O)CN[C@H](C)c2ccncc2)cc1. The molecule has 1 unspecified atom stereocenters. The van der Waals surface area contributed by atoms with Crippen LogP contribution in [0.2, 0.25) is 0 Å². The van der Waals surface area contributed by atoms with Crippen molar-refractivity contribution < 1.29 is 9.84 Å². The molecule has 1 heterocycles. The van der Waals surface area contributed by atoms with E-state index in [0.717, 1.165) is 16.9 Å². The molecule has 2 aromatic rings. The van der Waals surface area contributed by atoms with Gasteiger partial charge in [0.15, 0.2) is 0 Å². The van der Waals surface area contributed by atoms with Gasteiger partial charge in [-0.2, -0.15) is 0 Å². The second kappa shape index (κ2) is 7.03. The summed E-state index contributed by atoms with van der Waals surface area (Å²) in [6.07, 6.45) is 3.01. The Kier molecular flexibility index (Phi) is 5.09. The summed E-state index contributed by atoms with van der Waals surface area (Å²) in [5.74, 6) is 0.791. The van der Waals surface area contributed by atoms with Crippen molar-refractivity contribution in [2.45, 2.75) is 19.1 Å².